The zero-order chi connectivity index (χ0) is 17.8. The molecule has 1 atom stereocenters. The highest BCUT2D eigenvalue weighted by Gasteiger charge is 2.20. The summed E-state index contributed by atoms with van der Waals surface area (Å²) in [5.41, 5.74) is 9.96. The molecule has 0 spiro atoms. The van der Waals surface area contributed by atoms with Crippen LogP contribution in [0.3, 0.4) is 0 Å². The third kappa shape index (κ3) is 4.06. The van der Waals surface area contributed by atoms with Crippen LogP contribution in [-0.2, 0) is 9.53 Å². The van der Waals surface area contributed by atoms with E-state index in [0.29, 0.717) is 17.8 Å². The molecule has 1 aromatic rings. The summed E-state index contributed by atoms with van der Waals surface area (Å²) in [6.07, 6.45) is 5.12. The van der Waals surface area contributed by atoms with E-state index < -0.39 is 6.09 Å². The van der Waals surface area contributed by atoms with Crippen molar-refractivity contribution < 1.29 is 14.3 Å². The van der Waals surface area contributed by atoms with E-state index in [0.717, 1.165) is 42.7 Å². The molecule has 7 nitrogen and oxygen atoms in total. The van der Waals surface area contributed by atoms with Crippen LogP contribution in [0.2, 0.25) is 0 Å². The van der Waals surface area contributed by atoms with Crippen molar-refractivity contribution >= 4 is 34.8 Å². The molecule has 2 aliphatic heterocycles. The minimum atomic E-state index is -0.564. The maximum atomic E-state index is 12.2. The monoisotopic (exact) mass is 342 g/mol. The Hall–Kier alpha value is -2.67. The van der Waals surface area contributed by atoms with Gasteiger partial charge in [-0.15, -0.1) is 0 Å². The number of nitrogens with zero attached hydrogens (tertiary/aromatic N) is 1. The van der Waals surface area contributed by atoms with Gasteiger partial charge < -0.3 is 15.8 Å². The van der Waals surface area contributed by atoms with Gasteiger partial charge in [0.15, 0.2) is 0 Å². The molecule has 0 unspecified atom stereocenters. The molecule has 0 aliphatic carbocycles. The van der Waals surface area contributed by atoms with Gasteiger partial charge in [0.25, 0.3) is 0 Å². The first-order chi connectivity index (χ1) is 12.1. The van der Waals surface area contributed by atoms with Crippen LogP contribution in [0.25, 0.3) is 5.70 Å². The molecular formula is C18H22N4O3. The summed E-state index contributed by atoms with van der Waals surface area (Å²) < 4.78 is 4.61. The first kappa shape index (κ1) is 17.2. The zero-order valence-corrected chi connectivity index (χ0v) is 14.2. The molecule has 0 saturated carbocycles. The molecule has 0 radical (unpaired) electrons. The van der Waals surface area contributed by atoms with Gasteiger partial charge in [-0.25, -0.2) is 4.79 Å². The minimum Gasteiger partial charge on any atom is -0.453 e. The summed E-state index contributed by atoms with van der Waals surface area (Å²) in [7, 11) is 1.30. The summed E-state index contributed by atoms with van der Waals surface area (Å²) in [6.45, 7) is 0. The minimum absolute atomic E-state index is 0.0617. The van der Waals surface area contributed by atoms with Gasteiger partial charge in [0.05, 0.1) is 18.5 Å². The summed E-state index contributed by atoms with van der Waals surface area (Å²) in [5, 5.41) is 5.54. The Morgan fingerprint density at radius 3 is 3.04 bits per heavy atom. The third-order valence-electron chi connectivity index (χ3n) is 4.37. The van der Waals surface area contributed by atoms with Crippen molar-refractivity contribution in [3.63, 3.8) is 0 Å². The largest absolute Gasteiger partial charge is 0.453 e. The highest BCUT2D eigenvalue weighted by Crippen LogP contribution is 2.32. The van der Waals surface area contributed by atoms with Crippen molar-refractivity contribution in [3.05, 3.63) is 29.8 Å². The maximum Gasteiger partial charge on any atom is 0.411 e. The van der Waals surface area contributed by atoms with E-state index in [4.69, 9.17) is 5.73 Å². The fraction of sp³-hybridized carbons (Fsp3) is 0.389. The number of hydrogen-bond donors (Lipinski definition) is 3. The summed E-state index contributed by atoms with van der Waals surface area (Å²) >= 11 is 0. The number of methoxy groups -OCH3 is 1. The number of hydrogen-bond acceptors (Lipinski definition) is 5. The van der Waals surface area contributed by atoms with Crippen molar-refractivity contribution in [2.45, 2.75) is 38.1 Å². The van der Waals surface area contributed by atoms with Gasteiger partial charge in [-0.05, 0) is 31.0 Å². The number of nitrogens with two attached hydrogens (primary N) is 1. The number of aliphatic imine (C=N–C) groups is 1. The standard InChI is InChI=1S/C18H22N4O3/c1-25-18(24)20-11-6-7-12-14-8-9-15(21-14)13(19)4-2-3-5-17(23)22-16(12)10-11/h6-8,10,13H,2-5,9,19H2,1H3,(H,20,24)(H,22,23)/t13-/m0/s1. The molecule has 2 bridgehead atoms. The summed E-state index contributed by atoms with van der Waals surface area (Å²) in [5.74, 6) is -0.0617. The second-order valence-electron chi connectivity index (χ2n) is 6.17. The normalized spacial score (nSPS) is 20.2. The molecule has 2 amide bonds. The topological polar surface area (TPSA) is 106 Å². The Morgan fingerprint density at radius 1 is 1.40 bits per heavy atom. The van der Waals surface area contributed by atoms with Crippen molar-refractivity contribution in [2.75, 3.05) is 17.7 Å². The Bertz CT molecular complexity index is 755. The SMILES string of the molecule is COC(=O)Nc1ccc2c(c1)NC(=O)CCCC[C@H](N)C1=NC2=CC1. The van der Waals surface area contributed by atoms with E-state index in [2.05, 4.69) is 20.4 Å². The van der Waals surface area contributed by atoms with Gasteiger partial charge in [0.2, 0.25) is 5.91 Å². The van der Waals surface area contributed by atoms with E-state index in [9.17, 15) is 9.59 Å². The molecule has 132 valence electrons. The van der Waals surface area contributed by atoms with Gasteiger partial charge in [0.1, 0.15) is 0 Å². The van der Waals surface area contributed by atoms with E-state index in [1.54, 1.807) is 12.1 Å². The predicted molar refractivity (Wildman–Crippen MR) is 97.6 cm³/mol. The Labute approximate surface area is 146 Å². The lowest BCUT2D eigenvalue weighted by Gasteiger charge is -2.15. The van der Waals surface area contributed by atoms with Crippen LogP contribution in [-0.4, -0.2) is 30.9 Å². The van der Waals surface area contributed by atoms with Crippen LogP contribution in [0, 0.1) is 0 Å². The highest BCUT2D eigenvalue weighted by atomic mass is 16.5. The smallest absolute Gasteiger partial charge is 0.411 e. The van der Waals surface area contributed by atoms with Crippen LogP contribution < -0.4 is 16.4 Å². The summed E-state index contributed by atoms with van der Waals surface area (Å²) in [4.78, 5) is 28.3. The zero-order valence-electron chi connectivity index (χ0n) is 14.2. The average Bonchev–Trinajstić information content (AvgIpc) is 3.08. The fourth-order valence-corrected chi connectivity index (χ4v) is 3.00. The molecule has 0 saturated heterocycles. The van der Waals surface area contributed by atoms with E-state index in [1.807, 2.05) is 12.1 Å². The van der Waals surface area contributed by atoms with Crippen molar-refractivity contribution in [3.8, 4) is 0 Å². The molecule has 3 rings (SSSR count). The molecule has 2 heterocycles. The Morgan fingerprint density at radius 2 is 2.24 bits per heavy atom. The first-order valence-electron chi connectivity index (χ1n) is 8.39. The molecule has 1 aromatic carbocycles. The molecule has 7 heteroatoms. The first-order valence-corrected chi connectivity index (χ1v) is 8.39. The third-order valence-corrected chi connectivity index (χ3v) is 4.37. The Balaban J connectivity index is 1.97. The number of anilines is 2. The molecule has 0 fully saturated rings. The quantitative estimate of drug-likeness (QED) is 0.729. The molecule has 2 aliphatic rings. The van der Waals surface area contributed by atoms with Gasteiger partial charge in [0, 0.05) is 35.8 Å². The van der Waals surface area contributed by atoms with Crippen LogP contribution >= 0.6 is 0 Å². The van der Waals surface area contributed by atoms with E-state index >= 15 is 0 Å². The van der Waals surface area contributed by atoms with Crippen molar-refractivity contribution in [1.29, 1.82) is 0 Å². The van der Waals surface area contributed by atoms with Gasteiger partial charge >= 0.3 is 6.09 Å². The second kappa shape index (κ2) is 7.48. The van der Waals surface area contributed by atoms with Gasteiger partial charge in [-0.3, -0.25) is 15.1 Å². The number of allylic oxidation sites excluding steroid dienone is 1. The highest BCUT2D eigenvalue weighted by molar-refractivity contribution is 6.02. The van der Waals surface area contributed by atoms with Crippen LogP contribution in [0.1, 0.15) is 37.7 Å². The average molecular weight is 342 g/mol. The predicted octanol–water partition coefficient (Wildman–Crippen LogP) is 2.89. The van der Waals surface area contributed by atoms with Crippen molar-refractivity contribution in [2.24, 2.45) is 10.7 Å². The fourth-order valence-electron chi connectivity index (χ4n) is 3.00. The van der Waals surface area contributed by atoms with Crippen LogP contribution in [0.4, 0.5) is 16.2 Å². The number of nitrogens with one attached hydrogen (secondary N) is 2. The lowest BCUT2D eigenvalue weighted by Crippen LogP contribution is -2.29. The number of amides is 2. The van der Waals surface area contributed by atoms with Gasteiger partial charge in [-0.2, -0.15) is 0 Å². The number of carbonyl (C=O) groups is 2. The van der Waals surface area contributed by atoms with Crippen molar-refractivity contribution in [1.82, 2.24) is 0 Å². The van der Waals surface area contributed by atoms with Gasteiger partial charge in [-0.1, -0.05) is 12.5 Å². The molecule has 4 N–H and O–H groups in total. The lowest BCUT2D eigenvalue weighted by molar-refractivity contribution is -0.116. The lowest BCUT2D eigenvalue weighted by atomic mass is 10.0. The van der Waals surface area contributed by atoms with E-state index in [1.165, 1.54) is 7.11 Å². The van der Waals surface area contributed by atoms with Crippen LogP contribution in [0.15, 0.2) is 29.3 Å². The van der Waals surface area contributed by atoms with E-state index in [-0.39, 0.29) is 11.9 Å². The molecule has 25 heavy (non-hydrogen) atoms. The Kier molecular flexibility index (Phi) is 5.14. The number of ether oxygens (including phenoxy) is 1. The number of carbonyl (C=O) groups excluding carboxylic acids is 2. The number of rotatable bonds is 1. The maximum absolute atomic E-state index is 12.2. The van der Waals surface area contributed by atoms with Crippen LogP contribution in [0.5, 0.6) is 0 Å². The molecule has 0 aromatic heterocycles. The number of benzene rings is 1. The molecular weight excluding hydrogens is 320 g/mol. The summed E-state index contributed by atoms with van der Waals surface area (Å²) in [6, 6.07) is 5.22. The number of fused-ring (bicyclic) bond motifs is 3. The second-order valence-corrected chi connectivity index (χ2v) is 6.17.